The number of hydrogen-bond acceptors (Lipinski definition) is 6. The molecular weight excluding hydrogens is 386 g/mol. The van der Waals surface area contributed by atoms with Gasteiger partial charge in [-0.05, 0) is 48.7 Å². The van der Waals surface area contributed by atoms with Crippen molar-refractivity contribution < 1.29 is 8.78 Å². The average molecular weight is 410 g/mol. The molecule has 4 rings (SSSR count). The predicted molar refractivity (Wildman–Crippen MR) is 114 cm³/mol. The Morgan fingerprint density at radius 3 is 2.67 bits per heavy atom. The van der Waals surface area contributed by atoms with Crippen LogP contribution in [0.15, 0.2) is 54.7 Å². The van der Waals surface area contributed by atoms with Crippen molar-refractivity contribution in [1.82, 2.24) is 15.0 Å². The monoisotopic (exact) mass is 410 g/mol. The summed E-state index contributed by atoms with van der Waals surface area (Å²) in [7, 11) is 0. The number of nitrogens with zero attached hydrogens (tertiary/aromatic N) is 3. The highest BCUT2D eigenvalue weighted by atomic mass is 19.3. The van der Waals surface area contributed by atoms with Gasteiger partial charge in [0.1, 0.15) is 23.1 Å². The van der Waals surface area contributed by atoms with E-state index in [4.69, 9.17) is 0 Å². The molecule has 3 aromatic rings. The molecule has 1 aliphatic heterocycles. The SMILES string of the molecule is FC(F)(CNc1cccc(NCCc2ccc3c(n2)NCCC3)n1)c1ccccn1. The highest BCUT2D eigenvalue weighted by Gasteiger charge is 2.32. The number of anilines is 3. The van der Waals surface area contributed by atoms with Gasteiger partial charge < -0.3 is 16.0 Å². The number of nitrogens with one attached hydrogen (secondary N) is 3. The molecule has 0 spiro atoms. The van der Waals surface area contributed by atoms with Crippen molar-refractivity contribution in [3.63, 3.8) is 0 Å². The van der Waals surface area contributed by atoms with Gasteiger partial charge >= 0.3 is 5.92 Å². The second-order valence-electron chi connectivity index (χ2n) is 7.20. The molecule has 0 bridgehead atoms. The van der Waals surface area contributed by atoms with Gasteiger partial charge in [0.15, 0.2) is 0 Å². The van der Waals surface area contributed by atoms with Crippen LogP contribution in [0.3, 0.4) is 0 Å². The van der Waals surface area contributed by atoms with E-state index in [-0.39, 0.29) is 5.69 Å². The predicted octanol–water partition coefficient (Wildman–Crippen LogP) is 4.09. The standard InChI is InChI=1S/C22H24F2N6/c23-22(24,18-6-1-2-12-25-18)15-28-20-8-3-7-19(30-20)26-14-11-17-10-9-16-5-4-13-27-21(16)29-17/h1-3,6-10,12H,4-5,11,13-15H2,(H,27,29)(H2,26,28,30). The van der Waals surface area contributed by atoms with Gasteiger partial charge in [0.2, 0.25) is 0 Å². The van der Waals surface area contributed by atoms with E-state index in [1.807, 2.05) is 6.07 Å². The Morgan fingerprint density at radius 1 is 0.967 bits per heavy atom. The number of halogens is 2. The number of aromatic nitrogens is 3. The molecule has 0 amide bonds. The molecule has 6 nitrogen and oxygen atoms in total. The molecule has 156 valence electrons. The molecule has 3 N–H and O–H groups in total. The summed E-state index contributed by atoms with van der Waals surface area (Å²) in [4.78, 5) is 12.8. The Labute approximate surface area is 174 Å². The van der Waals surface area contributed by atoms with Crippen LogP contribution in [0.2, 0.25) is 0 Å². The minimum Gasteiger partial charge on any atom is -0.370 e. The normalized spacial score (nSPS) is 13.3. The van der Waals surface area contributed by atoms with Crippen molar-refractivity contribution in [2.24, 2.45) is 0 Å². The maximum Gasteiger partial charge on any atom is 0.306 e. The molecule has 0 atom stereocenters. The number of pyridine rings is 3. The second kappa shape index (κ2) is 9.02. The van der Waals surface area contributed by atoms with Crippen LogP contribution in [0.25, 0.3) is 0 Å². The van der Waals surface area contributed by atoms with Crippen LogP contribution >= 0.6 is 0 Å². The lowest BCUT2D eigenvalue weighted by atomic mass is 10.1. The molecule has 0 saturated heterocycles. The molecule has 1 aliphatic rings. The molecule has 0 aromatic carbocycles. The van der Waals surface area contributed by atoms with Gasteiger partial charge in [0.05, 0.1) is 6.54 Å². The molecule has 0 aliphatic carbocycles. The number of hydrogen-bond donors (Lipinski definition) is 3. The number of rotatable bonds is 8. The number of alkyl halides is 2. The summed E-state index contributed by atoms with van der Waals surface area (Å²) in [5.41, 5.74) is 2.00. The largest absolute Gasteiger partial charge is 0.370 e. The van der Waals surface area contributed by atoms with Crippen molar-refractivity contribution in [3.8, 4) is 0 Å². The fourth-order valence-corrected chi connectivity index (χ4v) is 3.33. The van der Waals surface area contributed by atoms with Crippen molar-refractivity contribution in [3.05, 3.63) is 71.7 Å². The molecule has 3 aromatic heterocycles. The first-order valence-electron chi connectivity index (χ1n) is 10.1. The zero-order chi connectivity index (χ0) is 20.8. The van der Waals surface area contributed by atoms with Gasteiger partial charge in [0.25, 0.3) is 0 Å². The van der Waals surface area contributed by atoms with E-state index in [2.05, 4.69) is 43.0 Å². The van der Waals surface area contributed by atoms with E-state index >= 15 is 0 Å². The fourth-order valence-electron chi connectivity index (χ4n) is 3.33. The van der Waals surface area contributed by atoms with Crippen LogP contribution in [0, 0.1) is 0 Å². The molecular formula is C22H24F2N6. The maximum atomic E-state index is 14.3. The molecule has 8 heteroatoms. The Hall–Kier alpha value is -3.29. The Bertz CT molecular complexity index is 980. The first-order chi connectivity index (χ1) is 14.6. The summed E-state index contributed by atoms with van der Waals surface area (Å²) in [6.07, 6.45) is 4.31. The third-order valence-corrected chi connectivity index (χ3v) is 4.92. The van der Waals surface area contributed by atoms with E-state index in [0.29, 0.717) is 18.2 Å². The topological polar surface area (TPSA) is 74.8 Å². The fraction of sp³-hybridized carbons (Fsp3) is 0.318. The first-order valence-corrected chi connectivity index (χ1v) is 10.1. The van der Waals surface area contributed by atoms with E-state index in [1.54, 1.807) is 24.3 Å². The smallest absolute Gasteiger partial charge is 0.306 e. The van der Waals surface area contributed by atoms with Crippen LogP contribution in [0.5, 0.6) is 0 Å². The van der Waals surface area contributed by atoms with Crippen molar-refractivity contribution in [1.29, 1.82) is 0 Å². The minimum absolute atomic E-state index is 0.265. The highest BCUT2D eigenvalue weighted by Crippen LogP contribution is 2.26. The van der Waals surface area contributed by atoms with Crippen LogP contribution in [-0.4, -0.2) is 34.6 Å². The molecule has 30 heavy (non-hydrogen) atoms. The van der Waals surface area contributed by atoms with Gasteiger partial charge in [-0.3, -0.25) is 4.98 Å². The van der Waals surface area contributed by atoms with Gasteiger partial charge in [0, 0.05) is 31.4 Å². The van der Waals surface area contributed by atoms with Gasteiger partial charge in [-0.2, -0.15) is 8.78 Å². The van der Waals surface area contributed by atoms with Gasteiger partial charge in [-0.15, -0.1) is 0 Å². The van der Waals surface area contributed by atoms with E-state index in [1.165, 1.54) is 17.8 Å². The van der Waals surface area contributed by atoms with Crippen molar-refractivity contribution in [2.75, 3.05) is 35.6 Å². The minimum atomic E-state index is -3.08. The third kappa shape index (κ3) is 5.00. The van der Waals surface area contributed by atoms with Crippen molar-refractivity contribution >= 4 is 17.5 Å². The van der Waals surface area contributed by atoms with Crippen LogP contribution in [-0.2, 0) is 18.8 Å². The summed E-state index contributed by atoms with van der Waals surface area (Å²) in [5.74, 6) is -1.10. The lowest BCUT2D eigenvalue weighted by Crippen LogP contribution is -2.26. The number of aryl methyl sites for hydroxylation is 1. The van der Waals surface area contributed by atoms with Crippen molar-refractivity contribution in [2.45, 2.75) is 25.2 Å². The zero-order valence-electron chi connectivity index (χ0n) is 16.5. The first kappa shape index (κ1) is 20.0. The van der Waals surface area contributed by atoms with Crippen LogP contribution < -0.4 is 16.0 Å². The summed E-state index contributed by atoms with van der Waals surface area (Å²) in [6, 6.07) is 13.9. The van der Waals surface area contributed by atoms with E-state index in [0.717, 1.165) is 37.3 Å². The maximum absolute atomic E-state index is 14.3. The Kier molecular flexibility index (Phi) is 6.02. The number of fused-ring (bicyclic) bond motifs is 1. The van der Waals surface area contributed by atoms with E-state index < -0.39 is 12.5 Å². The summed E-state index contributed by atoms with van der Waals surface area (Å²) < 4.78 is 28.5. The molecule has 0 unspecified atom stereocenters. The summed E-state index contributed by atoms with van der Waals surface area (Å²) in [5, 5.41) is 9.27. The lowest BCUT2D eigenvalue weighted by Gasteiger charge is -2.18. The van der Waals surface area contributed by atoms with Crippen LogP contribution in [0.4, 0.5) is 26.2 Å². The van der Waals surface area contributed by atoms with Gasteiger partial charge in [-0.1, -0.05) is 18.2 Å². The molecule has 0 fully saturated rings. The van der Waals surface area contributed by atoms with E-state index in [9.17, 15) is 8.78 Å². The quantitative estimate of drug-likeness (QED) is 0.519. The Morgan fingerprint density at radius 2 is 1.83 bits per heavy atom. The summed E-state index contributed by atoms with van der Waals surface area (Å²) >= 11 is 0. The summed E-state index contributed by atoms with van der Waals surface area (Å²) in [6.45, 7) is 1.03. The Balaban J connectivity index is 1.30. The average Bonchev–Trinajstić information content (AvgIpc) is 2.79. The zero-order valence-corrected chi connectivity index (χ0v) is 16.5. The van der Waals surface area contributed by atoms with Crippen LogP contribution in [0.1, 0.15) is 23.4 Å². The highest BCUT2D eigenvalue weighted by molar-refractivity contribution is 5.48. The molecule has 4 heterocycles. The lowest BCUT2D eigenvalue weighted by molar-refractivity contribution is 0.00592. The third-order valence-electron chi connectivity index (χ3n) is 4.92. The molecule has 0 radical (unpaired) electrons. The second-order valence-corrected chi connectivity index (χ2v) is 7.20. The molecule has 0 saturated carbocycles. The van der Waals surface area contributed by atoms with Gasteiger partial charge in [-0.25, -0.2) is 9.97 Å².